The van der Waals surface area contributed by atoms with Gasteiger partial charge in [0.2, 0.25) is 0 Å². The number of unbranched alkanes of at least 4 members (excludes halogenated alkanes) is 9. The van der Waals surface area contributed by atoms with Crippen LogP contribution in [0.5, 0.6) is 0 Å². The number of allylic oxidation sites excluding steroid dienone is 1. The summed E-state index contributed by atoms with van der Waals surface area (Å²) >= 11 is 0. The largest absolute Gasteiger partial charge is 0.258 e. The van der Waals surface area contributed by atoms with Crippen molar-refractivity contribution in [3.05, 3.63) is 12.7 Å². The van der Waals surface area contributed by atoms with Crippen molar-refractivity contribution in [2.24, 2.45) is 0 Å². The van der Waals surface area contributed by atoms with Crippen LogP contribution in [0.15, 0.2) is 12.7 Å². The van der Waals surface area contributed by atoms with E-state index in [9.17, 15) is 0 Å². The summed E-state index contributed by atoms with van der Waals surface area (Å²) in [6.07, 6.45) is 15.2. The van der Waals surface area contributed by atoms with Crippen molar-refractivity contribution in [2.75, 3.05) is 6.54 Å². The molecule has 0 amide bonds. The maximum absolute atomic E-state index is 7.01. The molecule has 1 heteroatoms. The van der Waals surface area contributed by atoms with E-state index in [1.807, 2.05) is 6.08 Å². The normalized spacial score (nSPS) is 10.4. The molecular formula is C13H26N. The quantitative estimate of drug-likeness (QED) is 0.346. The molecule has 1 nitrogen and oxygen atoms in total. The van der Waals surface area contributed by atoms with Crippen LogP contribution in [0.25, 0.3) is 0 Å². The van der Waals surface area contributed by atoms with Gasteiger partial charge in [-0.25, -0.2) is 0 Å². The van der Waals surface area contributed by atoms with Crippen LogP contribution in [0.2, 0.25) is 0 Å². The first kappa shape index (κ1) is 13.7. The van der Waals surface area contributed by atoms with E-state index in [4.69, 9.17) is 5.73 Å². The van der Waals surface area contributed by atoms with Gasteiger partial charge in [0.05, 0.1) is 0 Å². The lowest BCUT2D eigenvalue weighted by molar-refractivity contribution is 0.561. The minimum Gasteiger partial charge on any atom is -0.258 e. The molecule has 0 aliphatic heterocycles. The van der Waals surface area contributed by atoms with Gasteiger partial charge >= 0.3 is 0 Å². The molecule has 14 heavy (non-hydrogen) atoms. The van der Waals surface area contributed by atoms with Crippen molar-refractivity contribution in [1.29, 1.82) is 0 Å². The van der Waals surface area contributed by atoms with Gasteiger partial charge in [-0.15, -0.1) is 6.58 Å². The van der Waals surface area contributed by atoms with E-state index in [-0.39, 0.29) is 0 Å². The smallest absolute Gasteiger partial charge is 0.00997 e. The van der Waals surface area contributed by atoms with E-state index < -0.39 is 0 Å². The predicted octanol–water partition coefficient (Wildman–Crippen LogP) is 4.36. The van der Waals surface area contributed by atoms with Crippen molar-refractivity contribution in [1.82, 2.24) is 5.73 Å². The van der Waals surface area contributed by atoms with E-state index in [1.165, 1.54) is 57.8 Å². The Hall–Kier alpha value is -0.300. The average Bonchev–Trinajstić information content (AvgIpc) is 2.21. The topological polar surface area (TPSA) is 23.8 Å². The number of rotatable bonds is 11. The van der Waals surface area contributed by atoms with Crippen LogP contribution in [0.3, 0.4) is 0 Å². The van der Waals surface area contributed by atoms with Crippen molar-refractivity contribution < 1.29 is 0 Å². The Bertz CT molecular complexity index is 110. The van der Waals surface area contributed by atoms with Gasteiger partial charge < -0.3 is 0 Å². The summed E-state index contributed by atoms with van der Waals surface area (Å²) in [4.78, 5) is 0. The molecule has 0 aliphatic carbocycles. The standard InChI is InChI=1S/C13H26N/c1-2-3-4-5-6-7-8-9-10-11-12-13-14/h2,14H,1,3-13H2. The third kappa shape index (κ3) is 11.7. The van der Waals surface area contributed by atoms with Crippen LogP contribution in [-0.4, -0.2) is 6.54 Å². The highest BCUT2D eigenvalue weighted by atomic mass is 14.5. The molecule has 0 saturated carbocycles. The van der Waals surface area contributed by atoms with Crippen LogP contribution in [0.1, 0.15) is 64.2 Å². The van der Waals surface area contributed by atoms with Gasteiger partial charge in [-0.3, -0.25) is 5.73 Å². The fraction of sp³-hybridized carbons (Fsp3) is 0.846. The molecule has 0 unspecified atom stereocenters. The molecule has 1 radical (unpaired) electrons. The first-order chi connectivity index (χ1) is 6.91. The van der Waals surface area contributed by atoms with Gasteiger partial charge in [0.15, 0.2) is 0 Å². The minimum absolute atomic E-state index is 0.613. The molecule has 0 aromatic heterocycles. The van der Waals surface area contributed by atoms with Gasteiger partial charge in [0.1, 0.15) is 0 Å². The highest BCUT2D eigenvalue weighted by Gasteiger charge is 1.91. The van der Waals surface area contributed by atoms with E-state index >= 15 is 0 Å². The van der Waals surface area contributed by atoms with Crippen LogP contribution in [-0.2, 0) is 0 Å². The van der Waals surface area contributed by atoms with Crippen molar-refractivity contribution >= 4 is 0 Å². The zero-order valence-corrected chi connectivity index (χ0v) is 9.56. The third-order valence-corrected chi connectivity index (χ3v) is 2.59. The molecule has 0 aromatic rings. The zero-order valence-electron chi connectivity index (χ0n) is 9.56. The van der Waals surface area contributed by atoms with Crippen molar-refractivity contribution in [2.45, 2.75) is 64.2 Å². The molecule has 0 fully saturated rings. The first-order valence-electron chi connectivity index (χ1n) is 6.17. The number of nitrogens with one attached hydrogen (secondary N) is 1. The number of hydrogen-bond acceptors (Lipinski definition) is 0. The second-order valence-electron chi connectivity index (χ2n) is 4.01. The van der Waals surface area contributed by atoms with Crippen molar-refractivity contribution in [3.8, 4) is 0 Å². The lowest BCUT2D eigenvalue weighted by atomic mass is 10.1. The monoisotopic (exact) mass is 196 g/mol. The summed E-state index contributed by atoms with van der Waals surface area (Å²) in [5.41, 5.74) is 7.01. The van der Waals surface area contributed by atoms with Gasteiger partial charge in [-0.05, 0) is 19.3 Å². The number of hydrogen-bond donors (Lipinski definition) is 0. The summed E-state index contributed by atoms with van der Waals surface area (Å²) in [6.45, 7) is 4.33. The van der Waals surface area contributed by atoms with Crippen molar-refractivity contribution in [3.63, 3.8) is 0 Å². The maximum atomic E-state index is 7.01. The summed E-state index contributed by atoms with van der Waals surface area (Å²) in [7, 11) is 0. The molecule has 0 heterocycles. The van der Waals surface area contributed by atoms with Crippen LogP contribution in [0, 0.1) is 0 Å². The predicted molar refractivity (Wildman–Crippen MR) is 64.3 cm³/mol. The highest BCUT2D eigenvalue weighted by Crippen LogP contribution is 2.10. The van der Waals surface area contributed by atoms with Gasteiger partial charge in [-0.1, -0.05) is 51.0 Å². The first-order valence-corrected chi connectivity index (χ1v) is 6.17. The van der Waals surface area contributed by atoms with Gasteiger partial charge in [0.25, 0.3) is 0 Å². The van der Waals surface area contributed by atoms with Crippen LogP contribution < -0.4 is 5.73 Å². The molecule has 0 aromatic carbocycles. The SMILES string of the molecule is C=CCCCCCCCCCCC[NH]. The Morgan fingerprint density at radius 2 is 1.14 bits per heavy atom. The maximum Gasteiger partial charge on any atom is 0.00997 e. The van der Waals surface area contributed by atoms with E-state index in [0.29, 0.717) is 6.54 Å². The molecule has 0 atom stereocenters. The van der Waals surface area contributed by atoms with Gasteiger partial charge in [0, 0.05) is 6.54 Å². The lowest BCUT2D eigenvalue weighted by Gasteiger charge is -2.00. The highest BCUT2D eigenvalue weighted by molar-refractivity contribution is 4.65. The van der Waals surface area contributed by atoms with Crippen LogP contribution >= 0.6 is 0 Å². The Balaban J connectivity index is 2.81. The summed E-state index contributed by atoms with van der Waals surface area (Å²) in [6, 6.07) is 0. The molecule has 83 valence electrons. The lowest BCUT2D eigenvalue weighted by Crippen LogP contribution is -1.85. The van der Waals surface area contributed by atoms with Gasteiger partial charge in [-0.2, -0.15) is 0 Å². The minimum atomic E-state index is 0.613. The summed E-state index contributed by atoms with van der Waals surface area (Å²) < 4.78 is 0. The Morgan fingerprint density at radius 3 is 1.57 bits per heavy atom. The summed E-state index contributed by atoms with van der Waals surface area (Å²) in [5.74, 6) is 0. The third-order valence-electron chi connectivity index (χ3n) is 2.59. The molecule has 0 bridgehead atoms. The fourth-order valence-corrected chi connectivity index (χ4v) is 1.65. The average molecular weight is 196 g/mol. The zero-order chi connectivity index (χ0) is 10.5. The van der Waals surface area contributed by atoms with Crippen LogP contribution in [0.4, 0.5) is 0 Å². The molecule has 0 aliphatic rings. The van der Waals surface area contributed by atoms with E-state index in [0.717, 1.165) is 6.42 Å². The van der Waals surface area contributed by atoms with E-state index in [1.54, 1.807) is 0 Å². The Kier molecular flexibility index (Phi) is 12.4. The summed E-state index contributed by atoms with van der Waals surface area (Å²) in [5, 5.41) is 0. The fourth-order valence-electron chi connectivity index (χ4n) is 1.65. The molecule has 0 rings (SSSR count). The van der Waals surface area contributed by atoms with E-state index in [2.05, 4.69) is 6.58 Å². The molecular weight excluding hydrogens is 170 g/mol. The second-order valence-corrected chi connectivity index (χ2v) is 4.01. The Morgan fingerprint density at radius 1 is 0.714 bits per heavy atom. The molecule has 1 N–H and O–H groups in total. The second kappa shape index (κ2) is 12.7. The molecule has 0 spiro atoms. The Labute approximate surface area is 89.8 Å². The molecule has 0 saturated heterocycles.